The molecule has 0 amide bonds. The molecule has 0 aliphatic carbocycles. The van der Waals surface area contributed by atoms with Crippen LogP contribution in [0.5, 0.6) is 5.75 Å². The Bertz CT molecular complexity index is 712. The number of carbonyl (C=O) groups is 1. The standard InChI is InChI=1S/C21H28O2.C2H6/c1-13(2)18-11-16-8-7-15(5)17(9-10-20(22)14(3)4)19(16)12-21(18)23-6;1-2/h7-8,11-14H,9-10H2,1-6H3;1-2H3. The van der Waals surface area contributed by atoms with Gasteiger partial charge in [0.1, 0.15) is 11.5 Å². The van der Waals surface area contributed by atoms with Crippen molar-refractivity contribution in [1.29, 1.82) is 0 Å². The molecule has 25 heavy (non-hydrogen) atoms. The first-order valence-corrected chi connectivity index (χ1v) is 9.48. The van der Waals surface area contributed by atoms with Gasteiger partial charge in [0.05, 0.1) is 7.11 Å². The summed E-state index contributed by atoms with van der Waals surface area (Å²) in [5, 5.41) is 2.44. The smallest absolute Gasteiger partial charge is 0.135 e. The molecule has 0 heterocycles. The molecule has 0 unspecified atom stereocenters. The van der Waals surface area contributed by atoms with E-state index in [1.807, 2.05) is 27.7 Å². The monoisotopic (exact) mass is 342 g/mol. The first-order valence-electron chi connectivity index (χ1n) is 9.48. The SMILES string of the molecule is CC.COc1cc2c(CCC(=O)C(C)C)c(C)ccc2cc1C(C)C. The Morgan fingerprint density at radius 2 is 1.72 bits per heavy atom. The predicted octanol–water partition coefficient (Wildman–Crippen LogP) is 6.46. The van der Waals surface area contributed by atoms with E-state index in [2.05, 4.69) is 45.0 Å². The molecule has 2 nitrogen and oxygen atoms in total. The topological polar surface area (TPSA) is 26.3 Å². The summed E-state index contributed by atoms with van der Waals surface area (Å²) in [6.07, 6.45) is 1.40. The van der Waals surface area contributed by atoms with Gasteiger partial charge in [-0.1, -0.05) is 53.7 Å². The van der Waals surface area contributed by atoms with Crippen molar-refractivity contribution in [2.45, 2.75) is 67.2 Å². The van der Waals surface area contributed by atoms with Gasteiger partial charge in [0, 0.05) is 12.3 Å². The molecule has 0 aromatic heterocycles. The zero-order valence-electron chi connectivity index (χ0n) is 17.2. The molecule has 0 aliphatic heterocycles. The van der Waals surface area contributed by atoms with Crippen molar-refractivity contribution >= 4 is 16.6 Å². The highest BCUT2D eigenvalue weighted by atomic mass is 16.5. The molecule has 0 atom stereocenters. The van der Waals surface area contributed by atoms with Crippen LogP contribution in [0.1, 0.15) is 70.6 Å². The summed E-state index contributed by atoms with van der Waals surface area (Å²) >= 11 is 0. The van der Waals surface area contributed by atoms with Crippen molar-refractivity contribution in [3.63, 3.8) is 0 Å². The number of rotatable bonds is 6. The van der Waals surface area contributed by atoms with E-state index in [1.54, 1.807) is 7.11 Å². The number of hydrogen-bond donors (Lipinski definition) is 0. The molecule has 0 aliphatic rings. The second kappa shape index (κ2) is 9.60. The fraction of sp³-hybridized carbons (Fsp3) is 0.522. The van der Waals surface area contributed by atoms with Crippen LogP contribution in [0.3, 0.4) is 0 Å². The van der Waals surface area contributed by atoms with Gasteiger partial charge in [0.15, 0.2) is 0 Å². The van der Waals surface area contributed by atoms with Crippen LogP contribution in [0.15, 0.2) is 24.3 Å². The van der Waals surface area contributed by atoms with Crippen LogP contribution in [-0.2, 0) is 11.2 Å². The third-order valence-corrected chi connectivity index (χ3v) is 4.60. The van der Waals surface area contributed by atoms with E-state index in [0.29, 0.717) is 18.1 Å². The Hall–Kier alpha value is -1.83. The van der Waals surface area contributed by atoms with Gasteiger partial charge in [-0.25, -0.2) is 0 Å². The minimum Gasteiger partial charge on any atom is -0.496 e. The molecule has 0 N–H and O–H groups in total. The first-order chi connectivity index (χ1) is 11.8. The van der Waals surface area contributed by atoms with E-state index in [9.17, 15) is 4.79 Å². The highest BCUT2D eigenvalue weighted by Gasteiger charge is 2.14. The van der Waals surface area contributed by atoms with E-state index >= 15 is 0 Å². The zero-order valence-corrected chi connectivity index (χ0v) is 17.2. The number of ketones is 1. The third-order valence-electron chi connectivity index (χ3n) is 4.60. The minimum absolute atomic E-state index is 0.104. The highest BCUT2D eigenvalue weighted by Crippen LogP contribution is 2.34. The van der Waals surface area contributed by atoms with Crippen molar-refractivity contribution in [1.82, 2.24) is 0 Å². The van der Waals surface area contributed by atoms with Gasteiger partial charge in [-0.05, 0) is 58.9 Å². The summed E-state index contributed by atoms with van der Waals surface area (Å²) in [7, 11) is 1.73. The van der Waals surface area contributed by atoms with Crippen molar-refractivity contribution in [3.8, 4) is 5.75 Å². The second-order valence-electron chi connectivity index (χ2n) is 6.95. The van der Waals surface area contributed by atoms with Gasteiger partial charge in [-0.15, -0.1) is 0 Å². The molecule has 0 bridgehead atoms. The number of carbonyl (C=O) groups excluding carboxylic acids is 1. The van der Waals surface area contributed by atoms with Crippen LogP contribution in [0, 0.1) is 12.8 Å². The summed E-state index contributed by atoms with van der Waals surface area (Å²) in [5.74, 6) is 1.79. The number of aryl methyl sites for hydroxylation is 2. The molecule has 0 fully saturated rings. The quantitative estimate of drug-likeness (QED) is 0.602. The number of Topliss-reactive ketones (excluding diaryl/α,β-unsaturated/α-hetero) is 1. The lowest BCUT2D eigenvalue weighted by Crippen LogP contribution is -2.08. The normalized spacial score (nSPS) is 10.8. The number of benzene rings is 2. The van der Waals surface area contributed by atoms with Crippen molar-refractivity contribution in [2.75, 3.05) is 7.11 Å². The van der Waals surface area contributed by atoms with Crippen molar-refractivity contribution in [2.24, 2.45) is 5.92 Å². The maximum absolute atomic E-state index is 12.0. The van der Waals surface area contributed by atoms with Crippen molar-refractivity contribution < 1.29 is 9.53 Å². The largest absolute Gasteiger partial charge is 0.496 e. The Kier molecular flexibility index (Phi) is 8.15. The molecular formula is C23H34O2. The Morgan fingerprint density at radius 1 is 1.08 bits per heavy atom. The number of fused-ring (bicyclic) bond motifs is 1. The summed E-state index contributed by atoms with van der Waals surface area (Å²) in [6, 6.07) is 8.71. The molecule has 0 saturated heterocycles. The van der Waals surface area contributed by atoms with Crippen LogP contribution in [0.25, 0.3) is 10.8 Å². The highest BCUT2D eigenvalue weighted by molar-refractivity contribution is 5.90. The van der Waals surface area contributed by atoms with E-state index < -0.39 is 0 Å². The van der Waals surface area contributed by atoms with E-state index in [-0.39, 0.29) is 5.92 Å². The average molecular weight is 343 g/mol. The molecule has 2 heteroatoms. The first kappa shape index (κ1) is 21.2. The molecule has 0 saturated carbocycles. The number of ether oxygens (including phenoxy) is 1. The Labute approximate surface area is 153 Å². The van der Waals surface area contributed by atoms with Gasteiger partial charge >= 0.3 is 0 Å². The molecule has 0 radical (unpaired) electrons. The van der Waals surface area contributed by atoms with E-state index in [0.717, 1.165) is 12.2 Å². The van der Waals surface area contributed by atoms with Crippen LogP contribution in [0.4, 0.5) is 0 Å². The molecule has 2 aromatic carbocycles. The second-order valence-corrected chi connectivity index (χ2v) is 6.95. The maximum atomic E-state index is 12.0. The molecule has 0 spiro atoms. The zero-order chi connectivity index (χ0) is 19.1. The molecular weight excluding hydrogens is 308 g/mol. The van der Waals surface area contributed by atoms with E-state index in [4.69, 9.17) is 4.74 Å². The fourth-order valence-electron chi connectivity index (χ4n) is 3.04. The maximum Gasteiger partial charge on any atom is 0.135 e. The van der Waals surface area contributed by atoms with E-state index in [1.165, 1.54) is 27.5 Å². The molecule has 2 rings (SSSR count). The number of hydrogen-bond acceptors (Lipinski definition) is 2. The van der Waals surface area contributed by atoms with Gasteiger partial charge in [-0.2, -0.15) is 0 Å². The summed E-state index contributed by atoms with van der Waals surface area (Å²) in [5.41, 5.74) is 3.74. The lowest BCUT2D eigenvalue weighted by Gasteiger charge is -2.17. The lowest BCUT2D eigenvalue weighted by molar-refractivity contribution is -0.121. The number of methoxy groups -OCH3 is 1. The summed E-state index contributed by atoms with van der Waals surface area (Å²) in [6.45, 7) is 14.4. The Morgan fingerprint density at radius 3 is 2.24 bits per heavy atom. The van der Waals surface area contributed by atoms with Gasteiger partial charge < -0.3 is 4.74 Å². The summed E-state index contributed by atoms with van der Waals surface area (Å²) < 4.78 is 5.61. The fourth-order valence-corrected chi connectivity index (χ4v) is 3.04. The van der Waals surface area contributed by atoms with Crippen LogP contribution >= 0.6 is 0 Å². The van der Waals surface area contributed by atoms with Crippen LogP contribution in [-0.4, -0.2) is 12.9 Å². The summed E-state index contributed by atoms with van der Waals surface area (Å²) in [4.78, 5) is 12.0. The minimum atomic E-state index is 0.104. The Balaban J connectivity index is 0.00000151. The van der Waals surface area contributed by atoms with Crippen LogP contribution in [0.2, 0.25) is 0 Å². The van der Waals surface area contributed by atoms with Gasteiger partial charge in [0.2, 0.25) is 0 Å². The van der Waals surface area contributed by atoms with Crippen molar-refractivity contribution in [3.05, 3.63) is 41.0 Å². The van der Waals surface area contributed by atoms with Gasteiger partial charge in [0.25, 0.3) is 0 Å². The third kappa shape index (κ3) is 5.07. The molecule has 138 valence electrons. The molecule has 2 aromatic rings. The van der Waals surface area contributed by atoms with Gasteiger partial charge in [-0.3, -0.25) is 4.79 Å². The average Bonchev–Trinajstić information content (AvgIpc) is 2.60. The predicted molar refractivity (Wildman–Crippen MR) is 109 cm³/mol. The lowest BCUT2D eigenvalue weighted by atomic mass is 9.91. The van der Waals surface area contributed by atoms with Crippen LogP contribution < -0.4 is 4.74 Å².